The van der Waals surface area contributed by atoms with Crippen LogP contribution in [0.5, 0.6) is 11.5 Å². The number of carbonyl (C=O) groups excluding carboxylic acids is 2. The normalized spacial score (nSPS) is 16.9. The predicted octanol–water partition coefficient (Wildman–Crippen LogP) is 4.14. The first-order valence-corrected chi connectivity index (χ1v) is 12.0. The summed E-state index contributed by atoms with van der Waals surface area (Å²) in [6.07, 6.45) is 1.66. The van der Waals surface area contributed by atoms with E-state index in [4.69, 9.17) is 18.6 Å². The van der Waals surface area contributed by atoms with Crippen LogP contribution in [-0.4, -0.2) is 42.8 Å². The first-order valence-electron chi connectivity index (χ1n) is 11.1. The fourth-order valence-corrected chi connectivity index (χ4v) is 4.97. The summed E-state index contributed by atoms with van der Waals surface area (Å²) in [5.41, 5.74) is 2.39. The van der Waals surface area contributed by atoms with Crippen LogP contribution in [0.3, 0.4) is 0 Å². The summed E-state index contributed by atoms with van der Waals surface area (Å²) in [5.74, 6) is 1.19. The molecule has 2 aromatic rings. The highest BCUT2D eigenvalue weighted by Crippen LogP contribution is 2.47. The second-order valence-electron chi connectivity index (χ2n) is 7.75. The van der Waals surface area contributed by atoms with Crippen LogP contribution < -0.4 is 14.8 Å². The van der Waals surface area contributed by atoms with Gasteiger partial charge < -0.3 is 28.8 Å². The molecule has 1 unspecified atom stereocenters. The van der Waals surface area contributed by atoms with Gasteiger partial charge in [0.05, 0.1) is 57.4 Å². The van der Waals surface area contributed by atoms with Crippen LogP contribution in [0, 0.1) is 0 Å². The SMILES string of the molecule is CCOC(=O)C1=C(C)N=C2SC=C(CC(=O)NCc3ccco3)N2C1c1ccc(OC)cc1OC. The highest BCUT2D eigenvalue weighted by molar-refractivity contribution is 8.16. The average Bonchev–Trinajstić information content (AvgIpc) is 3.51. The number of nitrogens with zero attached hydrogens (tertiary/aromatic N) is 2. The van der Waals surface area contributed by atoms with Crippen LogP contribution in [0.2, 0.25) is 0 Å². The Morgan fingerprint density at radius 3 is 2.74 bits per heavy atom. The number of rotatable bonds is 9. The lowest BCUT2D eigenvalue weighted by molar-refractivity contribution is -0.139. The summed E-state index contributed by atoms with van der Waals surface area (Å²) in [6.45, 7) is 4.06. The van der Waals surface area contributed by atoms with E-state index in [1.165, 1.54) is 11.8 Å². The molecule has 9 nitrogen and oxygen atoms in total. The van der Waals surface area contributed by atoms with Gasteiger partial charge in [-0.25, -0.2) is 9.79 Å². The van der Waals surface area contributed by atoms with E-state index in [9.17, 15) is 9.59 Å². The quantitative estimate of drug-likeness (QED) is 0.516. The van der Waals surface area contributed by atoms with Crippen molar-refractivity contribution >= 4 is 28.8 Å². The third-order valence-corrected chi connectivity index (χ3v) is 6.50. The zero-order valence-corrected chi connectivity index (χ0v) is 20.8. The second kappa shape index (κ2) is 10.7. The number of hydrogen-bond acceptors (Lipinski definition) is 9. The molecule has 1 N–H and O–H groups in total. The number of benzene rings is 1. The van der Waals surface area contributed by atoms with Crippen molar-refractivity contribution < 1.29 is 28.2 Å². The van der Waals surface area contributed by atoms with E-state index >= 15 is 0 Å². The lowest BCUT2D eigenvalue weighted by Gasteiger charge is -2.36. The Morgan fingerprint density at radius 2 is 2.06 bits per heavy atom. The molecule has 0 aliphatic carbocycles. The number of thioether (sulfide) groups is 1. The third-order valence-electron chi connectivity index (χ3n) is 5.61. The summed E-state index contributed by atoms with van der Waals surface area (Å²) in [4.78, 5) is 32.5. The van der Waals surface area contributed by atoms with Crippen molar-refractivity contribution in [3.8, 4) is 11.5 Å². The molecule has 184 valence electrons. The molecule has 10 heteroatoms. The van der Waals surface area contributed by atoms with E-state index in [2.05, 4.69) is 10.3 Å². The Balaban J connectivity index is 1.69. The topological polar surface area (TPSA) is 103 Å². The number of furan rings is 1. The number of amidine groups is 1. The minimum absolute atomic E-state index is 0.0941. The Labute approximate surface area is 207 Å². The standard InChI is InChI=1S/C25H27N3O6S/c1-5-33-24(30)22-15(2)27-25-28(23(22)19-9-8-17(31-3)12-20(19)32-4)16(14-35-25)11-21(29)26-13-18-7-6-10-34-18/h6-10,12,14,23H,5,11,13H2,1-4H3,(H,26,29). The molecule has 0 radical (unpaired) electrons. The van der Waals surface area contributed by atoms with Gasteiger partial charge in [0.2, 0.25) is 5.91 Å². The van der Waals surface area contributed by atoms with E-state index in [0.717, 1.165) is 5.56 Å². The van der Waals surface area contributed by atoms with Gasteiger partial charge in [0, 0.05) is 17.3 Å². The molecule has 4 rings (SSSR count). The van der Waals surface area contributed by atoms with E-state index in [-0.39, 0.29) is 25.5 Å². The average molecular weight is 498 g/mol. The van der Waals surface area contributed by atoms with Crippen LogP contribution in [0.1, 0.15) is 37.6 Å². The second-order valence-corrected chi connectivity index (χ2v) is 8.59. The van der Waals surface area contributed by atoms with Gasteiger partial charge in [-0.05, 0) is 43.5 Å². The van der Waals surface area contributed by atoms with Crippen LogP contribution in [0.25, 0.3) is 0 Å². The van der Waals surface area contributed by atoms with Gasteiger partial charge in [0.25, 0.3) is 0 Å². The van der Waals surface area contributed by atoms with Crippen molar-refractivity contribution in [1.29, 1.82) is 0 Å². The first-order chi connectivity index (χ1) is 17.0. The summed E-state index contributed by atoms with van der Waals surface area (Å²) >= 11 is 1.41. The van der Waals surface area contributed by atoms with E-state index < -0.39 is 12.0 Å². The molecule has 0 fully saturated rings. The Kier molecular flexibility index (Phi) is 7.50. The smallest absolute Gasteiger partial charge is 0.338 e. The van der Waals surface area contributed by atoms with Gasteiger partial charge in [-0.2, -0.15) is 0 Å². The molecule has 35 heavy (non-hydrogen) atoms. The minimum Gasteiger partial charge on any atom is -0.497 e. The monoisotopic (exact) mass is 497 g/mol. The van der Waals surface area contributed by atoms with Crippen LogP contribution in [-0.2, 0) is 20.9 Å². The molecule has 1 atom stereocenters. The minimum atomic E-state index is -0.596. The highest BCUT2D eigenvalue weighted by Gasteiger charge is 2.42. The number of methoxy groups -OCH3 is 2. The summed E-state index contributed by atoms with van der Waals surface area (Å²) in [6, 6.07) is 8.40. The van der Waals surface area contributed by atoms with Crippen LogP contribution >= 0.6 is 11.8 Å². The molecule has 1 aromatic heterocycles. The fourth-order valence-electron chi connectivity index (χ4n) is 4.00. The lowest BCUT2D eigenvalue weighted by atomic mass is 9.93. The van der Waals surface area contributed by atoms with Gasteiger partial charge in [0.1, 0.15) is 17.3 Å². The number of allylic oxidation sites excluding steroid dienone is 1. The van der Waals surface area contributed by atoms with Gasteiger partial charge in [-0.3, -0.25) is 4.79 Å². The molecule has 0 spiro atoms. The molecule has 2 aliphatic heterocycles. The summed E-state index contributed by atoms with van der Waals surface area (Å²) in [5, 5.41) is 5.43. The first kappa shape index (κ1) is 24.5. The fraction of sp³-hybridized carbons (Fsp3) is 0.320. The summed E-state index contributed by atoms with van der Waals surface area (Å²) < 4.78 is 21.7. The molecule has 1 amide bonds. The highest BCUT2D eigenvalue weighted by atomic mass is 32.2. The molecular formula is C25H27N3O6S. The third kappa shape index (κ3) is 5.07. The molecular weight excluding hydrogens is 470 g/mol. The van der Waals surface area contributed by atoms with E-state index in [0.29, 0.717) is 39.4 Å². The van der Waals surface area contributed by atoms with Crippen molar-refractivity contribution in [3.05, 3.63) is 70.3 Å². The molecule has 1 aromatic carbocycles. The number of fused-ring (bicyclic) bond motifs is 1. The number of esters is 1. The molecule has 2 aliphatic rings. The van der Waals surface area contributed by atoms with Crippen LogP contribution in [0.15, 0.2) is 68.4 Å². The Morgan fingerprint density at radius 1 is 1.23 bits per heavy atom. The van der Waals surface area contributed by atoms with Gasteiger partial charge in [0.15, 0.2) is 5.17 Å². The number of nitrogens with one attached hydrogen (secondary N) is 1. The number of ether oxygens (including phenoxy) is 3. The number of aliphatic imine (C=N–C) groups is 1. The maximum atomic E-state index is 13.1. The Bertz CT molecular complexity index is 1200. The van der Waals surface area contributed by atoms with Crippen molar-refractivity contribution in [1.82, 2.24) is 10.2 Å². The number of hydrogen-bond donors (Lipinski definition) is 1. The maximum absolute atomic E-state index is 13.1. The van der Waals surface area contributed by atoms with Crippen molar-refractivity contribution in [3.63, 3.8) is 0 Å². The Hall–Kier alpha value is -3.66. The van der Waals surface area contributed by atoms with Crippen molar-refractivity contribution in [2.75, 3.05) is 20.8 Å². The van der Waals surface area contributed by atoms with Crippen LogP contribution in [0.4, 0.5) is 0 Å². The predicted molar refractivity (Wildman–Crippen MR) is 132 cm³/mol. The van der Waals surface area contributed by atoms with Crippen molar-refractivity contribution in [2.45, 2.75) is 32.9 Å². The van der Waals surface area contributed by atoms with Gasteiger partial charge >= 0.3 is 5.97 Å². The largest absolute Gasteiger partial charge is 0.497 e. The van der Waals surface area contributed by atoms with E-state index in [1.54, 1.807) is 52.5 Å². The molecule has 0 bridgehead atoms. The number of carbonyl (C=O) groups is 2. The lowest BCUT2D eigenvalue weighted by Crippen LogP contribution is -2.38. The van der Waals surface area contributed by atoms with E-state index in [1.807, 2.05) is 22.4 Å². The molecule has 3 heterocycles. The van der Waals surface area contributed by atoms with Gasteiger partial charge in [-0.1, -0.05) is 11.8 Å². The zero-order chi connectivity index (χ0) is 24.9. The zero-order valence-electron chi connectivity index (χ0n) is 20.0. The molecule has 0 saturated carbocycles. The maximum Gasteiger partial charge on any atom is 0.338 e. The molecule has 0 saturated heterocycles. The summed E-state index contributed by atoms with van der Waals surface area (Å²) in [7, 11) is 3.14. The van der Waals surface area contributed by atoms with Crippen molar-refractivity contribution in [2.24, 2.45) is 4.99 Å². The number of amides is 1. The van der Waals surface area contributed by atoms with Gasteiger partial charge in [-0.15, -0.1) is 0 Å².